The summed E-state index contributed by atoms with van der Waals surface area (Å²) < 4.78 is 68.5. The third-order valence-electron chi connectivity index (χ3n) is 17.9. The highest BCUT2D eigenvalue weighted by atomic mass is 31.2. The minimum Gasteiger partial charge on any atom is -0.462 e. The zero-order valence-corrected chi connectivity index (χ0v) is 63.4. The van der Waals surface area contributed by atoms with Gasteiger partial charge in [0.2, 0.25) is 0 Å². The minimum atomic E-state index is -4.96. The van der Waals surface area contributed by atoms with E-state index < -0.39 is 97.5 Å². The van der Waals surface area contributed by atoms with Crippen molar-refractivity contribution in [2.24, 2.45) is 0 Å². The predicted molar refractivity (Wildman–Crippen MR) is 386 cm³/mol. The molecule has 0 aliphatic carbocycles. The Morgan fingerprint density at radius 2 is 0.421 bits per heavy atom. The van der Waals surface area contributed by atoms with Crippen LogP contribution < -0.4 is 0 Å². The van der Waals surface area contributed by atoms with Gasteiger partial charge >= 0.3 is 39.5 Å². The van der Waals surface area contributed by atoms with Crippen LogP contribution in [0.1, 0.15) is 407 Å². The second kappa shape index (κ2) is 70.5. The van der Waals surface area contributed by atoms with Crippen molar-refractivity contribution in [1.82, 2.24) is 0 Å². The molecule has 2 unspecified atom stereocenters. The van der Waals surface area contributed by atoms with E-state index in [-0.39, 0.29) is 25.7 Å². The molecule has 95 heavy (non-hydrogen) atoms. The Labute approximate surface area is 581 Å². The molecule has 0 aromatic heterocycles. The SMILES string of the molecule is CCCCCCCCCCCCCCCCCCCC(=O)OC[C@H](COP(=O)(O)OC[C@@H](O)COP(=O)(O)OC[C@@H](COC(=O)CCCCCCCCCCCC)OC(=O)CCCCCCCCCCCCC)OC(=O)CCCCCCCCCCCCCCCCCCC. The number of carbonyl (C=O) groups is 4. The van der Waals surface area contributed by atoms with Gasteiger partial charge in [0.25, 0.3) is 0 Å². The summed E-state index contributed by atoms with van der Waals surface area (Å²) >= 11 is 0. The fourth-order valence-electron chi connectivity index (χ4n) is 11.8. The largest absolute Gasteiger partial charge is 0.472 e. The predicted octanol–water partition coefficient (Wildman–Crippen LogP) is 22.6. The number of hydrogen-bond donors (Lipinski definition) is 3. The van der Waals surface area contributed by atoms with Gasteiger partial charge < -0.3 is 33.8 Å². The van der Waals surface area contributed by atoms with Gasteiger partial charge in [-0.15, -0.1) is 0 Å². The number of phosphoric acid groups is 2. The molecule has 0 heterocycles. The lowest BCUT2D eigenvalue weighted by molar-refractivity contribution is -0.161. The van der Waals surface area contributed by atoms with Gasteiger partial charge in [0.1, 0.15) is 19.3 Å². The van der Waals surface area contributed by atoms with Crippen LogP contribution in [-0.4, -0.2) is 96.7 Å². The average molecular weight is 1400 g/mol. The molecule has 0 amide bonds. The van der Waals surface area contributed by atoms with Crippen molar-refractivity contribution in [3.05, 3.63) is 0 Å². The van der Waals surface area contributed by atoms with Gasteiger partial charge in [-0.2, -0.15) is 0 Å². The summed E-state index contributed by atoms with van der Waals surface area (Å²) in [5.41, 5.74) is 0. The van der Waals surface area contributed by atoms with Gasteiger partial charge in [-0.1, -0.05) is 355 Å². The Morgan fingerprint density at radius 3 is 0.621 bits per heavy atom. The van der Waals surface area contributed by atoms with E-state index in [2.05, 4.69) is 27.7 Å². The highest BCUT2D eigenvalue weighted by Crippen LogP contribution is 2.45. The molecule has 0 saturated carbocycles. The summed E-state index contributed by atoms with van der Waals surface area (Å²) in [5.74, 6) is -2.11. The van der Waals surface area contributed by atoms with E-state index in [9.17, 15) is 43.2 Å². The van der Waals surface area contributed by atoms with Crippen LogP contribution in [0.2, 0.25) is 0 Å². The van der Waals surface area contributed by atoms with Gasteiger partial charge in [0.05, 0.1) is 26.4 Å². The second-order valence-corrected chi connectivity index (χ2v) is 30.3. The maximum atomic E-state index is 13.1. The van der Waals surface area contributed by atoms with E-state index in [0.29, 0.717) is 25.7 Å². The maximum absolute atomic E-state index is 13.1. The van der Waals surface area contributed by atoms with Gasteiger partial charge in [-0.25, -0.2) is 9.13 Å². The molecule has 5 atom stereocenters. The smallest absolute Gasteiger partial charge is 0.462 e. The lowest BCUT2D eigenvalue weighted by Gasteiger charge is -2.21. The van der Waals surface area contributed by atoms with Crippen LogP contribution in [0.15, 0.2) is 0 Å². The summed E-state index contributed by atoms with van der Waals surface area (Å²) in [5, 5.41) is 10.6. The Balaban J connectivity index is 5.22. The van der Waals surface area contributed by atoms with Crippen molar-refractivity contribution in [3.63, 3.8) is 0 Å². The molecule has 0 bridgehead atoms. The molecule has 3 N–H and O–H groups in total. The molecule has 0 aliphatic heterocycles. The molecular formula is C76H148O17P2. The van der Waals surface area contributed by atoms with Crippen molar-refractivity contribution in [1.29, 1.82) is 0 Å². The maximum Gasteiger partial charge on any atom is 0.472 e. The topological polar surface area (TPSA) is 237 Å². The highest BCUT2D eigenvalue weighted by Gasteiger charge is 2.30. The molecule has 0 aliphatic rings. The first kappa shape index (κ1) is 93.1. The van der Waals surface area contributed by atoms with Crippen molar-refractivity contribution in [3.8, 4) is 0 Å². The van der Waals surface area contributed by atoms with Crippen molar-refractivity contribution in [2.45, 2.75) is 425 Å². The fourth-order valence-corrected chi connectivity index (χ4v) is 13.3. The van der Waals surface area contributed by atoms with Crippen LogP contribution in [-0.2, 0) is 65.4 Å². The number of esters is 4. The summed E-state index contributed by atoms with van der Waals surface area (Å²) in [7, 11) is -9.91. The van der Waals surface area contributed by atoms with Crippen molar-refractivity contribution >= 4 is 39.5 Å². The van der Waals surface area contributed by atoms with E-state index in [1.165, 1.54) is 238 Å². The first-order valence-electron chi connectivity index (χ1n) is 39.8. The third kappa shape index (κ3) is 70.3. The Hall–Kier alpha value is -1.94. The number of aliphatic hydroxyl groups excluding tert-OH is 1. The van der Waals surface area contributed by atoms with Crippen LogP contribution >= 0.6 is 15.6 Å². The normalized spacial score (nSPS) is 13.9. The summed E-state index contributed by atoms with van der Waals surface area (Å²) in [4.78, 5) is 72.8. The number of phosphoric ester groups is 2. The number of unbranched alkanes of at least 4 members (excludes halogenated alkanes) is 51. The molecule has 0 radical (unpaired) electrons. The molecule has 0 aromatic rings. The lowest BCUT2D eigenvalue weighted by Crippen LogP contribution is -2.30. The monoisotopic (exact) mass is 1400 g/mol. The molecule has 0 rings (SSSR count). The molecule has 19 heteroatoms. The molecule has 17 nitrogen and oxygen atoms in total. The zero-order valence-electron chi connectivity index (χ0n) is 61.6. The number of hydrogen-bond acceptors (Lipinski definition) is 15. The van der Waals surface area contributed by atoms with Gasteiger partial charge in [-0.05, 0) is 25.7 Å². The average Bonchev–Trinajstić information content (AvgIpc) is 2.50. The number of carbonyl (C=O) groups excluding carboxylic acids is 4. The minimum absolute atomic E-state index is 0.108. The van der Waals surface area contributed by atoms with Gasteiger partial charge in [0, 0.05) is 25.7 Å². The quantitative estimate of drug-likeness (QED) is 0.0222. The Morgan fingerprint density at radius 1 is 0.253 bits per heavy atom. The van der Waals surface area contributed by atoms with E-state index in [0.717, 1.165) is 89.9 Å². The molecular weight excluding hydrogens is 1250 g/mol. The summed E-state index contributed by atoms with van der Waals surface area (Å²) in [6.45, 7) is 4.98. The van der Waals surface area contributed by atoms with E-state index in [4.69, 9.17) is 37.0 Å². The second-order valence-electron chi connectivity index (χ2n) is 27.4. The molecule has 564 valence electrons. The molecule has 0 saturated heterocycles. The zero-order chi connectivity index (χ0) is 69.7. The molecule has 0 spiro atoms. The van der Waals surface area contributed by atoms with Crippen LogP contribution in [0.3, 0.4) is 0 Å². The van der Waals surface area contributed by atoms with Crippen LogP contribution in [0.4, 0.5) is 0 Å². The van der Waals surface area contributed by atoms with E-state index >= 15 is 0 Å². The molecule has 0 fully saturated rings. The standard InChI is InChI=1S/C76H148O17P2/c1-5-9-13-17-21-25-29-31-33-35-37-39-42-45-49-53-57-61-74(79)87-67-72(93-76(81)63-59-55-51-47-43-40-38-36-34-32-30-26-22-18-14-10-6-2)69-91-95(84,85)89-65-70(77)64-88-94(82,83)90-68-71(66-86-73(78)60-56-52-48-44-28-24-20-16-12-8-4)92-75(80)62-58-54-50-46-41-27-23-19-15-11-7-3/h70-72,77H,5-69H2,1-4H3,(H,82,83)(H,84,85)/t70-,71+,72+/m0/s1. The van der Waals surface area contributed by atoms with E-state index in [1.807, 2.05) is 0 Å². The van der Waals surface area contributed by atoms with Crippen LogP contribution in [0.25, 0.3) is 0 Å². The van der Waals surface area contributed by atoms with Gasteiger partial charge in [-0.3, -0.25) is 37.3 Å². The van der Waals surface area contributed by atoms with E-state index in [1.54, 1.807) is 0 Å². The third-order valence-corrected chi connectivity index (χ3v) is 19.8. The highest BCUT2D eigenvalue weighted by molar-refractivity contribution is 7.47. The number of aliphatic hydroxyl groups is 1. The summed E-state index contributed by atoms with van der Waals surface area (Å²) in [6, 6.07) is 0. The van der Waals surface area contributed by atoms with Crippen LogP contribution in [0, 0.1) is 0 Å². The lowest BCUT2D eigenvalue weighted by atomic mass is 10.0. The van der Waals surface area contributed by atoms with Crippen molar-refractivity contribution in [2.75, 3.05) is 39.6 Å². The van der Waals surface area contributed by atoms with Crippen molar-refractivity contribution < 1.29 is 80.2 Å². The summed E-state index contributed by atoms with van der Waals surface area (Å²) in [6.07, 6.45) is 60.9. The fraction of sp³-hybridized carbons (Fsp3) is 0.947. The first-order valence-corrected chi connectivity index (χ1v) is 42.8. The number of rotatable bonds is 77. The Bertz CT molecular complexity index is 1810. The molecule has 0 aromatic carbocycles. The van der Waals surface area contributed by atoms with Crippen LogP contribution in [0.5, 0.6) is 0 Å². The Kier molecular flexibility index (Phi) is 69.1. The van der Waals surface area contributed by atoms with Gasteiger partial charge in [0.15, 0.2) is 12.2 Å². The first-order chi connectivity index (χ1) is 46.2. The number of ether oxygens (including phenoxy) is 4.